The standard InChI is InChI=1S/C21H31N3O5S/c1-14(2)24-30(26,27)13-21-11-10-15(20(21,3)4)12-18(21)23-29-19(25)22-16-8-6-7-9-17(16)28-5/h6-9,14-15,24H,10-13H2,1-5H3,(H,22,25). The molecule has 0 heterocycles. The van der Waals surface area contributed by atoms with E-state index in [2.05, 4.69) is 29.0 Å². The largest absolute Gasteiger partial charge is 0.495 e. The number of amides is 1. The first-order chi connectivity index (χ1) is 14.0. The van der Waals surface area contributed by atoms with Crippen molar-refractivity contribution < 1.29 is 22.8 Å². The summed E-state index contributed by atoms with van der Waals surface area (Å²) in [5.41, 5.74) is 0.216. The molecule has 3 rings (SSSR count). The zero-order valence-electron chi connectivity index (χ0n) is 18.2. The number of anilines is 1. The van der Waals surface area contributed by atoms with Crippen LogP contribution in [0.5, 0.6) is 5.75 Å². The number of ether oxygens (including phenoxy) is 1. The Balaban J connectivity index is 1.80. The maximum absolute atomic E-state index is 12.8. The number of hydrogen-bond acceptors (Lipinski definition) is 6. The van der Waals surface area contributed by atoms with Crippen molar-refractivity contribution >= 4 is 27.5 Å². The third-order valence-electron chi connectivity index (χ3n) is 6.60. The Morgan fingerprint density at radius 3 is 2.63 bits per heavy atom. The minimum atomic E-state index is -3.51. The van der Waals surface area contributed by atoms with Gasteiger partial charge in [0.25, 0.3) is 0 Å². The molecular weight excluding hydrogens is 406 g/mol. The van der Waals surface area contributed by atoms with E-state index in [4.69, 9.17) is 9.57 Å². The molecule has 166 valence electrons. The smallest absolute Gasteiger partial charge is 0.437 e. The molecule has 1 amide bonds. The maximum Gasteiger partial charge on any atom is 0.437 e. The van der Waals surface area contributed by atoms with Crippen molar-refractivity contribution in [3.63, 3.8) is 0 Å². The number of para-hydroxylation sites is 2. The summed E-state index contributed by atoms with van der Waals surface area (Å²) in [5, 5.41) is 6.77. The van der Waals surface area contributed by atoms with Crippen molar-refractivity contribution in [2.45, 2.75) is 53.0 Å². The molecule has 0 radical (unpaired) electrons. The first-order valence-corrected chi connectivity index (χ1v) is 11.8. The molecule has 0 aliphatic heterocycles. The average molecular weight is 438 g/mol. The van der Waals surface area contributed by atoms with Crippen LogP contribution in [0.25, 0.3) is 0 Å². The van der Waals surface area contributed by atoms with Crippen molar-refractivity contribution in [2.75, 3.05) is 18.2 Å². The predicted molar refractivity (Wildman–Crippen MR) is 116 cm³/mol. The summed E-state index contributed by atoms with van der Waals surface area (Å²) in [7, 11) is -2.00. The molecule has 2 bridgehead atoms. The molecule has 1 aromatic carbocycles. The number of benzene rings is 1. The van der Waals surface area contributed by atoms with Crippen LogP contribution in [0.3, 0.4) is 0 Å². The minimum Gasteiger partial charge on any atom is -0.495 e. The third kappa shape index (κ3) is 4.18. The second-order valence-corrected chi connectivity index (χ2v) is 10.8. The van der Waals surface area contributed by atoms with Crippen LogP contribution in [0, 0.1) is 16.7 Å². The van der Waals surface area contributed by atoms with Crippen LogP contribution in [0.1, 0.15) is 47.0 Å². The highest BCUT2D eigenvalue weighted by atomic mass is 32.2. The quantitative estimate of drug-likeness (QED) is 0.499. The minimum absolute atomic E-state index is 0.0575. The summed E-state index contributed by atoms with van der Waals surface area (Å²) in [4.78, 5) is 17.5. The van der Waals surface area contributed by atoms with Crippen LogP contribution in [-0.4, -0.2) is 39.1 Å². The van der Waals surface area contributed by atoms with Crippen LogP contribution in [-0.2, 0) is 14.9 Å². The summed E-state index contributed by atoms with van der Waals surface area (Å²) in [6.45, 7) is 7.78. The summed E-state index contributed by atoms with van der Waals surface area (Å²) >= 11 is 0. The van der Waals surface area contributed by atoms with Crippen LogP contribution in [0.15, 0.2) is 29.4 Å². The van der Waals surface area contributed by atoms with Gasteiger partial charge in [-0.1, -0.05) is 31.1 Å². The van der Waals surface area contributed by atoms with Crippen molar-refractivity contribution in [3.05, 3.63) is 24.3 Å². The molecule has 30 heavy (non-hydrogen) atoms. The van der Waals surface area contributed by atoms with Gasteiger partial charge in [-0.25, -0.2) is 17.9 Å². The number of hydrogen-bond donors (Lipinski definition) is 2. The monoisotopic (exact) mass is 437 g/mol. The van der Waals surface area contributed by atoms with Gasteiger partial charge in [0.2, 0.25) is 10.0 Å². The summed E-state index contributed by atoms with van der Waals surface area (Å²) in [6, 6.07) is 6.80. The van der Waals surface area contributed by atoms with Gasteiger partial charge in [0, 0.05) is 11.5 Å². The Kier molecular flexibility index (Phi) is 6.15. The molecule has 2 aliphatic carbocycles. The molecule has 2 N–H and O–H groups in total. The molecule has 0 saturated heterocycles. The van der Waals surface area contributed by atoms with Crippen LogP contribution in [0.4, 0.5) is 10.5 Å². The van der Waals surface area contributed by atoms with E-state index in [-0.39, 0.29) is 17.2 Å². The van der Waals surface area contributed by atoms with Gasteiger partial charge in [0.05, 0.1) is 24.3 Å². The fraction of sp³-hybridized carbons (Fsp3) is 0.619. The van der Waals surface area contributed by atoms with Crippen molar-refractivity contribution in [1.29, 1.82) is 0 Å². The van der Waals surface area contributed by atoms with E-state index in [9.17, 15) is 13.2 Å². The van der Waals surface area contributed by atoms with E-state index >= 15 is 0 Å². The molecule has 8 nitrogen and oxygen atoms in total. The van der Waals surface area contributed by atoms with E-state index in [1.54, 1.807) is 38.1 Å². The lowest BCUT2D eigenvalue weighted by atomic mass is 9.70. The first-order valence-electron chi connectivity index (χ1n) is 10.2. The van der Waals surface area contributed by atoms with Crippen molar-refractivity contribution in [1.82, 2.24) is 4.72 Å². The maximum atomic E-state index is 12.8. The van der Waals surface area contributed by atoms with E-state index < -0.39 is 21.5 Å². The molecule has 9 heteroatoms. The molecular formula is C21H31N3O5S. The second-order valence-electron chi connectivity index (χ2n) is 9.02. The number of methoxy groups -OCH3 is 1. The Labute approximate surface area is 178 Å². The van der Waals surface area contributed by atoms with E-state index in [1.165, 1.54) is 7.11 Å². The molecule has 2 saturated carbocycles. The van der Waals surface area contributed by atoms with Gasteiger partial charge < -0.3 is 4.74 Å². The SMILES string of the molecule is COc1ccccc1NC(=O)ON=C1CC2CCC1(CS(=O)(=O)NC(C)C)C2(C)C. The third-order valence-corrected chi connectivity index (χ3v) is 8.30. The number of oxime groups is 1. The average Bonchev–Trinajstić information content (AvgIpc) is 3.00. The summed E-state index contributed by atoms with van der Waals surface area (Å²) in [5.74, 6) is 0.759. The zero-order chi connectivity index (χ0) is 22.2. The van der Waals surface area contributed by atoms with E-state index in [0.29, 0.717) is 35.9 Å². The fourth-order valence-corrected chi connectivity index (χ4v) is 7.10. The molecule has 2 fully saturated rings. The molecule has 0 spiro atoms. The van der Waals surface area contributed by atoms with Crippen LogP contribution in [0.2, 0.25) is 0 Å². The van der Waals surface area contributed by atoms with Gasteiger partial charge in [-0.3, -0.25) is 10.2 Å². The molecule has 0 aromatic heterocycles. The van der Waals surface area contributed by atoms with E-state index in [1.807, 2.05) is 0 Å². The highest BCUT2D eigenvalue weighted by molar-refractivity contribution is 7.89. The number of nitrogens with zero attached hydrogens (tertiary/aromatic N) is 1. The van der Waals surface area contributed by atoms with Gasteiger partial charge in [-0.05, 0) is 56.6 Å². The topological polar surface area (TPSA) is 106 Å². The van der Waals surface area contributed by atoms with Crippen molar-refractivity contribution in [2.24, 2.45) is 21.9 Å². The second kappa shape index (κ2) is 8.19. The Morgan fingerprint density at radius 1 is 1.30 bits per heavy atom. The van der Waals surface area contributed by atoms with E-state index in [0.717, 1.165) is 6.42 Å². The lowest BCUT2D eigenvalue weighted by Crippen LogP contribution is -2.46. The van der Waals surface area contributed by atoms with Gasteiger partial charge in [-0.2, -0.15) is 0 Å². The fourth-order valence-electron chi connectivity index (χ4n) is 4.97. The summed E-state index contributed by atoms with van der Waals surface area (Å²) < 4.78 is 33.4. The highest BCUT2D eigenvalue weighted by Gasteiger charge is 2.64. The van der Waals surface area contributed by atoms with Crippen molar-refractivity contribution in [3.8, 4) is 5.75 Å². The van der Waals surface area contributed by atoms with Gasteiger partial charge in [0.1, 0.15) is 5.75 Å². The lowest BCUT2D eigenvalue weighted by molar-refractivity contribution is 0.160. The summed E-state index contributed by atoms with van der Waals surface area (Å²) in [6.07, 6.45) is 1.54. The number of nitrogens with one attached hydrogen (secondary N) is 2. The Morgan fingerprint density at radius 2 is 2.00 bits per heavy atom. The van der Waals surface area contributed by atoms with Gasteiger partial charge in [0.15, 0.2) is 0 Å². The first kappa shape index (κ1) is 22.6. The number of carbonyl (C=O) groups is 1. The number of fused-ring (bicyclic) bond motifs is 2. The highest BCUT2D eigenvalue weighted by Crippen LogP contribution is 2.64. The lowest BCUT2D eigenvalue weighted by Gasteiger charge is -2.37. The zero-order valence-corrected chi connectivity index (χ0v) is 19.0. The van der Waals surface area contributed by atoms with Crippen LogP contribution < -0.4 is 14.8 Å². The molecule has 2 unspecified atom stereocenters. The number of carbonyl (C=O) groups excluding carboxylic acids is 1. The Bertz CT molecular complexity index is 942. The van der Waals surface area contributed by atoms with Gasteiger partial charge >= 0.3 is 6.09 Å². The van der Waals surface area contributed by atoms with Gasteiger partial charge in [-0.15, -0.1) is 0 Å². The molecule has 2 atom stereocenters. The molecule has 2 aliphatic rings. The Hall–Kier alpha value is -2.13. The number of sulfonamides is 1. The van der Waals surface area contributed by atoms with Crippen LogP contribution >= 0.6 is 0 Å². The normalized spacial score (nSPS) is 26.2. The number of rotatable bonds is 7. The predicted octanol–water partition coefficient (Wildman–Crippen LogP) is 3.75. The molecule has 1 aromatic rings.